The average molecular weight is 555 g/mol. The Morgan fingerprint density at radius 2 is 1.56 bits per heavy atom. The molecule has 2 amide bonds. The lowest BCUT2D eigenvalue weighted by molar-refractivity contribution is -0.130. The van der Waals surface area contributed by atoms with Gasteiger partial charge in [0.25, 0.3) is 0 Å². The van der Waals surface area contributed by atoms with Crippen LogP contribution in [0.25, 0.3) is 0 Å². The predicted molar refractivity (Wildman–Crippen MR) is 162 cm³/mol. The first-order chi connectivity index (χ1) is 19.7. The highest BCUT2D eigenvalue weighted by Crippen LogP contribution is 2.17. The van der Waals surface area contributed by atoms with Crippen molar-refractivity contribution in [1.29, 1.82) is 0 Å². The third-order valence-electron chi connectivity index (χ3n) is 6.92. The molecule has 7 nitrogen and oxygen atoms in total. The van der Waals surface area contributed by atoms with Crippen molar-refractivity contribution in [3.63, 3.8) is 0 Å². The van der Waals surface area contributed by atoms with E-state index in [1.165, 1.54) is 0 Å². The molecule has 1 aliphatic carbocycles. The third kappa shape index (κ3) is 10.2. The van der Waals surface area contributed by atoms with Gasteiger partial charge in [-0.2, -0.15) is 0 Å². The number of pyridine rings is 1. The summed E-state index contributed by atoms with van der Waals surface area (Å²) in [4.78, 5) is 31.3. The van der Waals surface area contributed by atoms with Gasteiger partial charge in [-0.05, 0) is 87.4 Å². The molecule has 3 unspecified atom stereocenters. The minimum atomic E-state index is -0.735. The number of benzene rings is 2. The Bertz CT molecular complexity index is 1270. The molecule has 216 valence electrons. The van der Waals surface area contributed by atoms with Crippen molar-refractivity contribution < 1.29 is 14.3 Å². The van der Waals surface area contributed by atoms with Crippen molar-refractivity contribution in [2.75, 3.05) is 0 Å². The van der Waals surface area contributed by atoms with E-state index in [1.54, 1.807) is 12.4 Å². The normalized spacial score (nSPS) is 16.4. The summed E-state index contributed by atoms with van der Waals surface area (Å²) in [6.07, 6.45) is 11.7. The van der Waals surface area contributed by atoms with Crippen LogP contribution in [0.15, 0.2) is 91.3 Å². The molecule has 4 rings (SSSR count). The van der Waals surface area contributed by atoms with E-state index in [1.807, 2.05) is 87.5 Å². The van der Waals surface area contributed by atoms with Crippen LogP contribution in [-0.4, -0.2) is 40.5 Å². The maximum atomic E-state index is 13.8. The summed E-state index contributed by atoms with van der Waals surface area (Å²) in [5.74, 6) is 0.340. The lowest BCUT2D eigenvalue weighted by Crippen LogP contribution is -2.57. The molecule has 7 heteroatoms. The van der Waals surface area contributed by atoms with Gasteiger partial charge in [0.2, 0.25) is 11.8 Å². The Kier molecular flexibility index (Phi) is 10.7. The van der Waals surface area contributed by atoms with Gasteiger partial charge in [-0.1, -0.05) is 54.6 Å². The number of hydrogen-bond donors (Lipinski definition) is 3. The van der Waals surface area contributed by atoms with Crippen molar-refractivity contribution >= 4 is 11.8 Å². The zero-order valence-corrected chi connectivity index (χ0v) is 24.3. The molecule has 1 aromatic heterocycles. The Labute approximate surface area is 243 Å². The van der Waals surface area contributed by atoms with Gasteiger partial charge in [0.05, 0.1) is 6.04 Å². The maximum absolute atomic E-state index is 13.8. The minimum absolute atomic E-state index is 0.117. The highest BCUT2D eigenvalue weighted by Gasteiger charge is 2.29. The SMILES string of the molecule is CC(C)(C)NC(=O)C(Cc1ccc(OCc2ccccc2)cc1)NC(=O)C(Cc1ccncc1)NC1C=CCCC1. The van der Waals surface area contributed by atoms with Gasteiger partial charge in [-0.3, -0.25) is 19.9 Å². The highest BCUT2D eigenvalue weighted by molar-refractivity contribution is 5.90. The molecule has 3 aromatic rings. The van der Waals surface area contributed by atoms with Crippen molar-refractivity contribution in [1.82, 2.24) is 20.9 Å². The Hall–Kier alpha value is -3.97. The summed E-state index contributed by atoms with van der Waals surface area (Å²) >= 11 is 0. The van der Waals surface area contributed by atoms with Crippen LogP contribution in [0.1, 0.15) is 56.7 Å². The molecule has 1 aliphatic rings. The van der Waals surface area contributed by atoms with Crippen molar-refractivity contribution in [2.24, 2.45) is 0 Å². The summed E-state index contributed by atoms with van der Waals surface area (Å²) in [5.41, 5.74) is 2.60. The number of allylic oxidation sites excluding steroid dienone is 1. The monoisotopic (exact) mass is 554 g/mol. The highest BCUT2D eigenvalue weighted by atomic mass is 16.5. The summed E-state index contributed by atoms with van der Waals surface area (Å²) < 4.78 is 5.92. The third-order valence-corrected chi connectivity index (χ3v) is 6.92. The Balaban J connectivity index is 1.47. The van der Waals surface area contributed by atoms with Gasteiger partial charge in [-0.15, -0.1) is 0 Å². The quantitative estimate of drug-likeness (QED) is 0.277. The Morgan fingerprint density at radius 1 is 0.878 bits per heavy atom. The van der Waals surface area contributed by atoms with E-state index in [9.17, 15) is 9.59 Å². The fourth-order valence-corrected chi connectivity index (χ4v) is 4.83. The standard InChI is InChI=1S/C34H42N4O3/c1-34(2,3)38-33(40)31(22-25-14-16-29(17-15-25)41-24-27-10-6-4-7-11-27)37-32(39)30(23-26-18-20-35-21-19-26)36-28-12-8-5-9-13-28/h4,6-8,10-12,14-21,28,30-31,36H,5,9,13,22-24H2,1-3H3,(H,37,39)(H,38,40). The van der Waals surface area contributed by atoms with Gasteiger partial charge in [-0.25, -0.2) is 0 Å². The van der Waals surface area contributed by atoms with Crippen LogP contribution < -0.4 is 20.7 Å². The molecule has 0 radical (unpaired) electrons. The fourth-order valence-electron chi connectivity index (χ4n) is 4.83. The average Bonchev–Trinajstić information content (AvgIpc) is 2.97. The zero-order valence-electron chi connectivity index (χ0n) is 24.3. The number of nitrogens with zero attached hydrogens (tertiary/aromatic N) is 1. The molecule has 0 fully saturated rings. The van der Waals surface area contributed by atoms with Crippen LogP contribution in [0.2, 0.25) is 0 Å². The molecular formula is C34H42N4O3. The molecule has 0 saturated heterocycles. The number of amides is 2. The van der Waals surface area contributed by atoms with Crippen LogP contribution in [0, 0.1) is 0 Å². The van der Waals surface area contributed by atoms with Crippen molar-refractivity contribution in [2.45, 2.75) is 83.1 Å². The van der Waals surface area contributed by atoms with Crippen LogP contribution >= 0.6 is 0 Å². The summed E-state index contributed by atoms with van der Waals surface area (Å²) in [6.45, 7) is 6.29. The number of nitrogens with one attached hydrogen (secondary N) is 3. The van der Waals surface area contributed by atoms with Crippen molar-refractivity contribution in [3.8, 4) is 5.75 Å². The number of carbonyl (C=O) groups is 2. The molecule has 41 heavy (non-hydrogen) atoms. The molecule has 1 heterocycles. The van der Waals surface area contributed by atoms with E-state index in [2.05, 4.69) is 33.1 Å². The molecule has 2 aromatic carbocycles. The van der Waals surface area contributed by atoms with Gasteiger partial charge in [0.1, 0.15) is 18.4 Å². The second-order valence-electron chi connectivity index (χ2n) is 11.7. The topological polar surface area (TPSA) is 92.4 Å². The van der Waals surface area contributed by atoms with Crippen LogP contribution in [0.4, 0.5) is 0 Å². The molecular weight excluding hydrogens is 512 g/mol. The van der Waals surface area contributed by atoms with Gasteiger partial charge < -0.3 is 15.4 Å². The van der Waals surface area contributed by atoms with E-state index < -0.39 is 17.6 Å². The number of carbonyl (C=O) groups excluding carboxylic acids is 2. The van der Waals surface area contributed by atoms with Crippen LogP contribution in [0.3, 0.4) is 0 Å². The number of aromatic nitrogens is 1. The van der Waals surface area contributed by atoms with Crippen LogP contribution in [-0.2, 0) is 29.0 Å². The first-order valence-corrected chi connectivity index (χ1v) is 14.4. The lowest BCUT2D eigenvalue weighted by Gasteiger charge is -2.29. The smallest absolute Gasteiger partial charge is 0.243 e. The van der Waals surface area contributed by atoms with Crippen molar-refractivity contribution in [3.05, 3.63) is 108 Å². The van der Waals surface area contributed by atoms with Gasteiger partial charge in [0.15, 0.2) is 0 Å². The maximum Gasteiger partial charge on any atom is 0.243 e. The Morgan fingerprint density at radius 3 is 2.22 bits per heavy atom. The molecule has 3 atom stereocenters. The number of hydrogen-bond acceptors (Lipinski definition) is 5. The molecule has 0 saturated carbocycles. The lowest BCUT2D eigenvalue weighted by atomic mass is 9.98. The van der Waals surface area contributed by atoms with Gasteiger partial charge >= 0.3 is 0 Å². The first-order valence-electron chi connectivity index (χ1n) is 14.4. The second kappa shape index (κ2) is 14.6. The molecule has 0 bridgehead atoms. The van der Waals surface area contributed by atoms with Crippen LogP contribution in [0.5, 0.6) is 5.75 Å². The van der Waals surface area contributed by atoms with E-state index in [4.69, 9.17) is 4.74 Å². The largest absolute Gasteiger partial charge is 0.489 e. The minimum Gasteiger partial charge on any atom is -0.489 e. The van der Waals surface area contributed by atoms with E-state index in [-0.39, 0.29) is 17.9 Å². The number of ether oxygens (including phenoxy) is 1. The van der Waals surface area contributed by atoms with E-state index in [0.717, 1.165) is 41.7 Å². The molecule has 3 N–H and O–H groups in total. The molecule has 0 aliphatic heterocycles. The fraction of sp³-hybridized carbons (Fsp3) is 0.382. The first kappa shape index (κ1) is 30.0. The predicted octanol–water partition coefficient (Wildman–Crippen LogP) is 4.91. The summed E-state index contributed by atoms with van der Waals surface area (Å²) in [6, 6.07) is 20.4. The van der Waals surface area contributed by atoms with Gasteiger partial charge in [0, 0.05) is 30.4 Å². The summed E-state index contributed by atoms with van der Waals surface area (Å²) in [5, 5.41) is 9.65. The van der Waals surface area contributed by atoms with E-state index >= 15 is 0 Å². The number of rotatable bonds is 12. The zero-order chi connectivity index (χ0) is 29.1. The molecule has 0 spiro atoms. The second-order valence-corrected chi connectivity index (χ2v) is 11.7. The van der Waals surface area contributed by atoms with E-state index in [0.29, 0.717) is 19.4 Å². The summed E-state index contributed by atoms with van der Waals surface area (Å²) in [7, 11) is 0.